The van der Waals surface area contributed by atoms with Crippen LogP contribution in [0.2, 0.25) is 0 Å². The zero-order valence-electron chi connectivity index (χ0n) is 38.8. The van der Waals surface area contributed by atoms with E-state index in [0.717, 1.165) is 42.3 Å². The highest BCUT2D eigenvalue weighted by molar-refractivity contribution is 7.65. The fourth-order valence-corrected chi connectivity index (χ4v) is 12.9. The summed E-state index contributed by atoms with van der Waals surface area (Å²) in [6, 6.07) is 0. The number of nitrogen functional groups attached to an aromatic ring is 3. The Balaban J connectivity index is 0.866. The van der Waals surface area contributed by atoms with Crippen LogP contribution in [0.3, 0.4) is 0 Å². The molecule has 3 fully saturated rings. The number of aliphatic hydroxyl groups excluding tert-OH is 3. The van der Waals surface area contributed by atoms with Gasteiger partial charge in [-0.25, -0.2) is 33.1 Å². The third-order valence-corrected chi connectivity index (χ3v) is 16.9. The van der Waals surface area contributed by atoms with E-state index in [2.05, 4.69) is 53.0 Å². The summed E-state index contributed by atoms with van der Waals surface area (Å²) in [5.41, 5.74) is 15.4. The predicted molar refractivity (Wildman–Crippen MR) is 235 cm³/mol. The van der Waals surface area contributed by atoms with E-state index >= 15 is 0 Å². The minimum absolute atomic E-state index is 0.00288. The van der Waals surface area contributed by atoms with Crippen LogP contribution in [-0.4, -0.2) is 158 Å². The summed E-state index contributed by atoms with van der Waals surface area (Å²) in [7, 11) is -21.1. The minimum atomic E-state index is -6.56. The Bertz CT molecular complexity index is 3490. The molecule has 7 unspecified atom stereocenters. The first-order valence-corrected chi connectivity index (χ1v) is 27.3. The van der Waals surface area contributed by atoms with Crippen LogP contribution in [0.1, 0.15) is 18.7 Å². The molecule has 0 spiro atoms. The van der Waals surface area contributed by atoms with Gasteiger partial charge < -0.3 is 93.9 Å². The van der Waals surface area contributed by atoms with Gasteiger partial charge >= 0.3 is 5.65 Å². The van der Waals surface area contributed by atoms with Gasteiger partial charge in [0, 0.05) is 14.2 Å². The molecule has 43 heteroatoms. The molecule has 0 aromatic carbocycles. The zero-order valence-corrected chi connectivity index (χ0v) is 42.3. The molecule has 0 radical (unpaired) electrons. The number of nitrogens with one attached hydrogen (secondary N) is 2. The van der Waals surface area contributed by atoms with Crippen molar-refractivity contribution in [3.8, 4) is 0 Å². The molecule has 6 aromatic heterocycles. The second-order valence-electron chi connectivity index (χ2n) is 16.6. The highest BCUT2D eigenvalue weighted by atomic mass is 31.3. The number of aryl methyl sites for hydroxylation is 1. The number of fused-ring (bicyclic) bond motifs is 3. The molecule has 3 saturated heterocycles. The van der Waals surface area contributed by atoms with Crippen molar-refractivity contribution in [2.24, 2.45) is 7.05 Å². The third-order valence-electron chi connectivity index (χ3n) is 11.8. The fraction of sp³-hybridized carbons (Fsp3) is 0.545. The van der Waals surface area contributed by atoms with E-state index in [1.165, 1.54) is 22.5 Å². The summed E-state index contributed by atoms with van der Waals surface area (Å²) in [5, 5.41) is 32.7. The zero-order chi connectivity index (χ0) is 55.0. The van der Waals surface area contributed by atoms with Gasteiger partial charge in [-0.3, -0.25) is 51.5 Å². The average Bonchev–Trinajstić information content (AvgIpc) is 4.18. The van der Waals surface area contributed by atoms with Crippen LogP contribution in [0.4, 0.5) is 17.7 Å². The van der Waals surface area contributed by atoms with Crippen molar-refractivity contribution in [2.45, 2.75) is 73.6 Å². The van der Waals surface area contributed by atoms with Crippen LogP contribution in [0.15, 0.2) is 34.9 Å². The van der Waals surface area contributed by atoms with Gasteiger partial charge in [0.15, 0.2) is 41.4 Å². The van der Waals surface area contributed by atoms with E-state index in [4.69, 9.17) is 54.5 Å². The molecule has 0 saturated carbocycles. The van der Waals surface area contributed by atoms with Gasteiger partial charge in [-0.15, -0.1) is 0 Å². The summed E-state index contributed by atoms with van der Waals surface area (Å²) in [5.74, 6) is -0.738. The average molecular weight is 1160 g/mol. The number of imidazole rings is 3. The number of ether oxygens (including phenoxy) is 5. The normalized spacial score (nSPS) is 30.2. The second kappa shape index (κ2) is 20.9. The van der Waals surface area contributed by atoms with E-state index < -0.39 is 136 Å². The van der Waals surface area contributed by atoms with Crippen LogP contribution in [0.5, 0.6) is 0 Å². The van der Waals surface area contributed by atoms with E-state index in [1.54, 1.807) is 0 Å². The van der Waals surface area contributed by atoms with E-state index in [9.17, 15) is 62.7 Å². The summed E-state index contributed by atoms with van der Waals surface area (Å²) in [4.78, 5) is 106. The van der Waals surface area contributed by atoms with E-state index in [0.29, 0.717) is 0 Å². The molecular weight excluding hydrogens is 1110 g/mol. The lowest BCUT2D eigenvalue weighted by Crippen LogP contribution is -2.46. The van der Waals surface area contributed by atoms with Gasteiger partial charge in [0.25, 0.3) is 48.4 Å². The highest BCUT2D eigenvalue weighted by Crippen LogP contribution is 2.63. The lowest BCUT2D eigenvalue weighted by Gasteiger charge is -2.35. The standard InChI is InChI=1S/C33H45N15O24P4/c1-45-10-48(26-16(45)28(53)44-33(36)42-26)30-19(51)20(62-2)12(68-30)5-65-74(56,57)71-76(60,61)72-75(58,59)66-6-13-21(22(63-3)31(69-13)46-8-39-14-23(34)37-7-38-24(14)46)70-73(54,55)64-4-11-17(49)18(50)29(67-11)47-9-40-15-25(47)41-32(35)43-27(15)52/h7-13,17-22,29-31,49-51H,4-6H2,1-3H3,(H11-,34,35,36,37,38,41,42,43,44,52,53,54,55,56,57,58,59,60,61)/p-3/t11-,12-,13-,17+,18?,19?,20+,21+,22?,29-,30-,31-/m1/s1. The molecule has 76 heavy (non-hydrogen) atoms. The largest absolute Gasteiger partial charge is 0.756 e. The van der Waals surface area contributed by atoms with Crippen LogP contribution in [0.25, 0.3) is 33.5 Å². The minimum Gasteiger partial charge on any atom is -0.756 e. The van der Waals surface area contributed by atoms with Gasteiger partial charge in [-0.05, 0) is 0 Å². The molecule has 3 aliphatic heterocycles. The molecule has 0 amide bonds. The Labute approximate surface area is 421 Å². The van der Waals surface area contributed by atoms with Crippen molar-refractivity contribution in [1.29, 1.82) is 0 Å². The maximum Gasteiger partial charge on any atom is 0.313 e. The topological polar surface area (TPSA) is 563 Å². The monoisotopic (exact) mass is 1160 g/mol. The smallest absolute Gasteiger partial charge is 0.313 e. The molecule has 0 aliphatic carbocycles. The molecular formula is C33H42N15O24P4-3. The van der Waals surface area contributed by atoms with Crippen molar-refractivity contribution in [2.75, 3.05) is 51.2 Å². The van der Waals surface area contributed by atoms with Gasteiger partial charge in [0.05, 0.1) is 39.5 Å². The number of methoxy groups -OCH3 is 2. The molecule has 16 atom stereocenters. The SMILES string of the molecule is COC1[C@@H](OP(=O)([O-])OC[C@H]2O[C@@H](n3cnc4c(=O)[nH]c(N)nc43)C(O)[C@H]2O)[C@@H](COP(=O)([O-])OP(=O)([O-])OP(=O)([O-])OC[C@H]2O[C@@H]([n+]3cn(C)c4c(=O)[nH]c(N)nc43)C(O)[C@H]2OC)O[C@H]1n1cnc2c(N)ncnc21. The summed E-state index contributed by atoms with van der Waals surface area (Å²) in [6.07, 6.45) is -15.4. The lowest BCUT2D eigenvalue weighted by molar-refractivity contribution is -0.745. The van der Waals surface area contributed by atoms with Crippen molar-refractivity contribution in [3.63, 3.8) is 0 Å². The molecule has 416 valence electrons. The number of hydrogen-bond donors (Lipinski definition) is 8. The first-order valence-electron chi connectivity index (χ1n) is 21.5. The summed E-state index contributed by atoms with van der Waals surface area (Å²) < 4.78 is 113. The maximum atomic E-state index is 13.6. The van der Waals surface area contributed by atoms with Crippen molar-refractivity contribution in [1.82, 2.24) is 53.6 Å². The second-order valence-corrected chi connectivity index (χ2v) is 22.5. The molecule has 11 N–H and O–H groups in total. The highest BCUT2D eigenvalue weighted by Gasteiger charge is 2.52. The number of phosphoric ester groups is 3. The van der Waals surface area contributed by atoms with Crippen molar-refractivity contribution < 1.29 is 108 Å². The lowest BCUT2D eigenvalue weighted by atomic mass is 10.1. The number of nitrogens with zero attached hydrogens (tertiary/aromatic N) is 10. The van der Waals surface area contributed by atoms with Crippen molar-refractivity contribution in [3.05, 3.63) is 46.0 Å². The maximum absolute atomic E-state index is 13.6. The van der Waals surface area contributed by atoms with Crippen LogP contribution in [0, 0.1) is 0 Å². The Morgan fingerprint density at radius 3 is 1.89 bits per heavy atom. The van der Waals surface area contributed by atoms with Crippen LogP contribution < -0.4 is 52.5 Å². The Morgan fingerprint density at radius 1 is 0.671 bits per heavy atom. The van der Waals surface area contributed by atoms with Gasteiger partial charge in [0.2, 0.25) is 17.7 Å². The van der Waals surface area contributed by atoms with E-state index in [1.807, 2.05) is 0 Å². The Morgan fingerprint density at radius 2 is 1.24 bits per heavy atom. The fourth-order valence-electron chi connectivity index (χ4n) is 8.54. The first-order chi connectivity index (χ1) is 35.7. The number of aromatic nitrogens is 12. The molecule has 6 aromatic rings. The summed E-state index contributed by atoms with van der Waals surface area (Å²) >= 11 is 0. The first kappa shape index (κ1) is 55.6. The third kappa shape index (κ3) is 11.0. The number of rotatable bonds is 20. The number of anilines is 3. The van der Waals surface area contributed by atoms with Gasteiger partial charge in [-0.2, -0.15) is 4.98 Å². The van der Waals surface area contributed by atoms with Crippen molar-refractivity contribution >= 4 is 82.5 Å². The number of phosphoric acid groups is 4. The number of H-pyrrole nitrogens is 2. The number of hydrogen-bond acceptors (Lipinski definition) is 33. The molecule has 9 rings (SSSR count). The number of nitrogens with two attached hydrogens (primary N) is 3. The van der Waals surface area contributed by atoms with E-state index in [-0.39, 0.29) is 51.2 Å². The molecule has 39 nitrogen and oxygen atoms in total. The Hall–Kier alpha value is -5.15. The Kier molecular flexibility index (Phi) is 15.3. The van der Waals surface area contributed by atoms with Gasteiger partial charge in [-0.1, -0.05) is 4.98 Å². The molecule has 3 aliphatic rings. The molecule has 0 bridgehead atoms. The number of aliphatic hydroxyl groups is 3. The quantitative estimate of drug-likeness (QED) is 0.0260. The number of aromatic amines is 2. The van der Waals surface area contributed by atoms with Gasteiger partial charge in [0.1, 0.15) is 66.8 Å². The summed E-state index contributed by atoms with van der Waals surface area (Å²) in [6.45, 7) is -3.57. The molecule has 9 heterocycles. The van der Waals surface area contributed by atoms with Crippen LogP contribution in [-0.2, 0) is 75.7 Å². The van der Waals surface area contributed by atoms with Crippen LogP contribution >= 0.6 is 31.3 Å². The predicted octanol–water partition coefficient (Wildman–Crippen LogP) is -6.58.